The summed E-state index contributed by atoms with van der Waals surface area (Å²) in [4.78, 5) is 9.86. The van der Waals surface area contributed by atoms with Gasteiger partial charge in [0, 0.05) is 12.2 Å². The van der Waals surface area contributed by atoms with Gasteiger partial charge in [-0.3, -0.25) is 0 Å². The van der Waals surface area contributed by atoms with Gasteiger partial charge < -0.3 is 20.7 Å². The first-order valence-electron chi connectivity index (χ1n) is 5.24. The zero-order valence-electron chi connectivity index (χ0n) is 9.29. The Morgan fingerprint density at radius 3 is 3.19 bits per heavy atom. The first-order valence-corrected chi connectivity index (χ1v) is 5.24. The van der Waals surface area contributed by atoms with Crippen LogP contribution in [0.25, 0.3) is 0 Å². The molecule has 0 spiro atoms. The number of benzene rings is 1. The first-order chi connectivity index (χ1) is 7.81. The average molecular weight is 224 g/mol. The highest BCUT2D eigenvalue weighted by molar-refractivity contribution is 5.57. The Morgan fingerprint density at radius 1 is 1.50 bits per heavy atom. The molecule has 2 rings (SSSR count). The third kappa shape index (κ3) is 2.44. The van der Waals surface area contributed by atoms with Crippen LogP contribution in [0.2, 0.25) is 0 Å². The predicted octanol–water partition coefficient (Wildman–Crippen LogP) is 0.829. The van der Waals surface area contributed by atoms with Crippen LogP contribution in [0.1, 0.15) is 11.1 Å². The van der Waals surface area contributed by atoms with Gasteiger partial charge in [0.2, 0.25) is 0 Å². The molecule has 16 heavy (non-hydrogen) atoms. The normalized spacial score (nSPS) is 13.6. The Kier molecular flexibility index (Phi) is 3.61. The summed E-state index contributed by atoms with van der Waals surface area (Å²) in [6.07, 6.45) is 0. The highest BCUT2D eigenvalue weighted by Gasteiger charge is 2.17. The van der Waals surface area contributed by atoms with Gasteiger partial charge in [0.15, 0.2) is 5.75 Å². The lowest BCUT2D eigenvalue weighted by atomic mass is 10.1. The van der Waals surface area contributed by atoms with E-state index in [2.05, 4.69) is 5.32 Å². The molecule has 0 aromatic heterocycles. The number of ether oxygens (including phenoxy) is 1. The second kappa shape index (κ2) is 5.16. The molecule has 0 unspecified atom stereocenters. The molecule has 1 aliphatic rings. The Bertz CT molecular complexity index is 368. The second-order valence-corrected chi connectivity index (χ2v) is 3.66. The fraction of sp³-hybridized carbons (Fsp3) is 0.455. The van der Waals surface area contributed by atoms with Crippen LogP contribution in [0.15, 0.2) is 12.1 Å². The zero-order valence-corrected chi connectivity index (χ0v) is 9.29. The monoisotopic (exact) mass is 224 g/mol. The lowest BCUT2D eigenvalue weighted by Gasteiger charge is -2.07. The minimum absolute atomic E-state index is 0.419. The van der Waals surface area contributed by atoms with E-state index >= 15 is 0 Å². The van der Waals surface area contributed by atoms with Crippen LogP contribution >= 0.6 is 0 Å². The summed E-state index contributed by atoms with van der Waals surface area (Å²) in [5.41, 5.74) is 8.49. The van der Waals surface area contributed by atoms with Crippen LogP contribution in [-0.4, -0.2) is 20.2 Å². The highest BCUT2D eigenvalue weighted by Crippen LogP contribution is 2.32. The fourth-order valence-corrected chi connectivity index (χ4v) is 1.55. The van der Waals surface area contributed by atoms with Crippen molar-refractivity contribution in [1.82, 2.24) is 5.32 Å². The third-order valence-electron chi connectivity index (χ3n) is 2.42. The molecule has 88 valence electrons. The van der Waals surface area contributed by atoms with E-state index < -0.39 is 0 Å². The molecule has 0 saturated heterocycles. The van der Waals surface area contributed by atoms with E-state index in [0.29, 0.717) is 31.3 Å². The van der Waals surface area contributed by atoms with E-state index in [-0.39, 0.29) is 0 Å². The molecule has 1 aromatic rings. The van der Waals surface area contributed by atoms with Crippen LogP contribution in [0.5, 0.6) is 5.75 Å². The van der Waals surface area contributed by atoms with Gasteiger partial charge in [-0.05, 0) is 24.7 Å². The third-order valence-corrected chi connectivity index (χ3v) is 2.42. The first kappa shape index (κ1) is 11.2. The molecule has 0 bridgehead atoms. The maximum Gasteiger partial charge on any atom is 0.173 e. The molecule has 0 saturated carbocycles. The van der Waals surface area contributed by atoms with Gasteiger partial charge in [0.1, 0.15) is 6.61 Å². The van der Waals surface area contributed by atoms with Gasteiger partial charge in [0.05, 0.1) is 18.8 Å². The summed E-state index contributed by atoms with van der Waals surface area (Å²) < 4.78 is 5.46. The van der Waals surface area contributed by atoms with Crippen LogP contribution < -0.4 is 15.9 Å². The van der Waals surface area contributed by atoms with Crippen molar-refractivity contribution in [3.8, 4) is 5.75 Å². The van der Waals surface area contributed by atoms with Gasteiger partial charge in [-0.1, -0.05) is 0 Å². The SMILES string of the molecule is CNCCOCc1cc(N)c2c(c1)OOC2. The topological polar surface area (TPSA) is 65.7 Å². The van der Waals surface area contributed by atoms with Crippen molar-refractivity contribution in [3.05, 3.63) is 23.3 Å². The van der Waals surface area contributed by atoms with E-state index in [1.807, 2.05) is 19.2 Å². The fourth-order valence-electron chi connectivity index (χ4n) is 1.55. The van der Waals surface area contributed by atoms with Crippen molar-refractivity contribution in [2.75, 3.05) is 25.9 Å². The quantitative estimate of drug-likeness (QED) is 0.440. The van der Waals surface area contributed by atoms with Crippen LogP contribution in [0.3, 0.4) is 0 Å². The van der Waals surface area contributed by atoms with E-state index in [4.69, 9.17) is 20.2 Å². The maximum atomic E-state index is 5.88. The largest absolute Gasteiger partial charge is 0.398 e. The number of rotatable bonds is 5. The van der Waals surface area contributed by atoms with Gasteiger partial charge in [-0.15, -0.1) is 0 Å². The molecule has 1 heterocycles. The molecule has 0 radical (unpaired) electrons. The van der Waals surface area contributed by atoms with E-state index in [1.165, 1.54) is 0 Å². The Labute approximate surface area is 94.4 Å². The number of nitrogen functional groups attached to an aromatic ring is 1. The molecule has 1 aromatic carbocycles. The lowest BCUT2D eigenvalue weighted by Crippen LogP contribution is -2.14. The van der Waals surface area contributed by atoms with Gasteiger partial charge in [-0.25, -0.2) is 0 Å². The van der Waals surface area contributed by atoms with Crippen molar-refractivity contribution < 1.29 is 14.5 Å². The van der Waals surface area contributed by atoms with Gasteiger partial charge in [0.25, 0.3) is 0 Å². The number of hydrogen-bond donors (Lipinski definition) is 2. The smallest absolute Gasteiger partial charge is 0.173 e. The lowest BCUT2D eigenvalue weighted by molar-refractivity contribution is -0.194. The summed E-state index contributed by atoms with van der Waals surface area (Å²) in [6, 6.07) is 3.80. The minimum atomic E-state index is 0.419. The van der Waals surface area contributed by atoms with Crippen LogP contribution in [0, 0.1) is 0 Å². The molecule has 1 aliphatic heterocycles. The second-order valence-electron chi connectivity index (χ2n) is 3.66. The molecule has 0 atom stereocenters. The molecule has 0 amide bonds. The van der Waals surface area contributed by atoms with Crippen LogP contribution in [0.4, 0.5) is 5.69 Å². The molecule has 0 aliphatic carbocycles. The number of likely N-dealkylation sites (N-methyl/N-ethyl adjacent to an activating group) is 1. The number of anilines is 1. The molecule has 5 heteroatoms. The standard InChI is InChI=1S/C11H16N2O3/c1-13-2-3-14-6-8-4-10(12)9-7-15-16-11(9)5-8/h4-5,13H,2-3,6-7,12H2,1H3. The van der Waals surface area contributed by atoms with Crippen molar-refractivity contribution in [2.45, 2.75) is 13.2 Å². The minimum Gasteiger partial charge on any atom is -0.398 e. The molecule has 5 nitrogen and oxygen atoms in total. The summed E-state index contributed by atoms with van der Waals surface area (Å²) in [5, 5.41) is 3.01. The number of hydrogen-bond acceptors (Lipinski definition) is 5. The van der Waals surface area contributed by atoms with E-state index in [9.17, 15) is 0 Å². The van der Waals surface area contributed by atoms with Crippen molar-refractivity contribution >= 4 is 5.69 Å². The molecule has 0 fully saturated rings. The molecular weight excluding hydrogens is 208 g/mol. The number of nitrogens with one attached hydrogen (secondary N) is 1. The molecular formula is C11H16N2O3. The van der Waals surface area contributed by atoms with Crippen molar-refractivity contribution in [3.63, 3.8) is 0 Å². The summed E-state index contributed by atoms with van der Waals surface area (Å²) in [6.45, 7) is 2.45. The van der Waals surface area contributed by atoms with Gasteiger partial charge >= 0.3 is 0 Å². The zero-order chi connectivity index (χ0) is 11.4. The van der Waals surface area contributed by atoms with Crippen molar-refractivity contribution in [1.29, 1.82) is 0 Å². The summed E-state index contributed by atoms with van der Waals surface area (Å²) in [5.74, 6) is 0.701. The Hall–Kier alpha value is -1.30. The maximum absolute atomic E-state index is 5.88. The number of nitrogens with two attached hydrogens (primary N) is 1. The number of fused-ring (bicyclic) bond motifs is 1. The van der Waals surface area contributed by atoms with Gasteiger partial charge in [-0.2, -0.15) is 4.89 Å². The van der Waals surface area contributed by atoms with Crippen molar-refractivity contribution in [2.24, 2.45) is 0 Å². The van der Waals surface area contributed by atoms with E-state index in [0.717, 1.165) is 17.7 Å². The predicted molar refractivity (Wildman–Crippen MR) is 59.9 cm³/mol. The highest BCUT2D eigenvalue weighted by atomic mass is 17.2. The average Bonchev–Trinajstić information content (AvgIpc) is 2.73. The van der Waals surface area contributed by atoms with Crippen LogP contribution in [-0.2, 0) is 22.8 Å². The summed E-state index contributed by atoms with van der Waals surface area (Å²) >= 11 is 0. The Morgan fingerprint density at radius 2 is 2.38 bits per heavy atom. The molecule has 3 N–H and O–H groups in total. The van der Waals surface area contributed by atoms with E-state index in [1.54, 1.807) is 0 Å². The summed E-state index contributed by atoms with van der Waals surface area (Å²) in [7, 11) is 1.89. The Balaban J connectivity index is 1.97.